The standard InChI is InChI=1S/C24H37N3O5/c1-23(2,3)32-22(31)27-14-13-26(16-18-9-7-6-8-10-18)17-19(27)15-24(4,5)25-20(28)11-12-21(29)30/h6-10,19H,11-17H2,1-5H3,(H,25,28)(H,29,30)/t19-/m0/s1. The predicted octanol–water partition coefficient (Wildman–Crippen LogP) is 3.26. The first-order chi connectivity index (χ1) is 14.8. The minimum Gasteiger partial charge on any atom is -0.481 e. The van der Waals surface area contributed by atoms with Gasteiger partial charge in [-0.1, -0.05) is 30.3 Å². The monoisotopic (exact) mass is 447 g/mol. The molecular formula is C24H37N3O5. The first-order valence-corrected chi connectivity index (χ1v) is 11.1. The number of amides is 2. The highest BCUT2D eigenvalue weighted by Crippen LogP contribution is 2.24. The summed E-state index contributed by atoms with van der Waals surface area (Å²) in [4.78, 5) is 40.0. The second kappa shape index (κ2) is 10.8. The fourth-order valence-corrected chi connectivity index (χ4v) is 3.94. The maximum atomic E-state index is 12.9. The van der Waals surface area contributed by atoms with Crippen molar-refractivity contribution < 1.29 is 24.2 Å². The van der Waals surface area contributed by atoms with Crippen LogP contribution < -0.4 is 5.32 Å². The van der Waals surface area contributed by atoms with Crippen molar-refractivity contribution in [1.82, 2.24) is 15.1 Å². The molecule has 0 spiro atoms. The van der Waals surface area contributed by atoms with Gasteiger partial charge in [0, 0.05) is 38.1 Å². The lowest BCUT2D eigenvalue weighted by atomic mass is 9.92. The van der Waals surface area contributed by atoms with Gasteiger partial charge in [-0.15, -0.1) is 0 Å². The smallest absolute Gasteiger partial charge is 0.410 e. The zero-order valence-corrected chi connectivity index (χ0v) is 19.9. The van der Waals surface area contributed by atoms with Crippen molar-refractivity contribution in [3.63, 3.8) is 0 Å². The van der Waals surface area contributed by atoms with Crippen LogP contribution in [0.5, 0.6) is 0 Å². The summed E-state index contributed by atoms with van der Waals surface area (Å²) in [5, 5.41) is 11.7. The molecule has 32 heavy (non-hydrogen) atoms. The third kappa shape index (κ3) is 8.86. The number of carboxylic acids is 1. The molecule has 0 radical (unpaired) electrons. The van der Waals surface area contributed by atoms with Gasteiger partial charge in [0.25, 0.3) is 0 Å². The predicted molar refractivity (Wildman–Crippen MR) is 122 cm³/mol. The molecule has 0 bridgehead atoms. The third-order valence-electron chi connectivity index (χ3n) is 5.23. The fraction of sp³-hybridized carbons (Fsp3) is 0.625. The Morgan fingerprint density at radius 2 is 1.72 bits per heavy atom. The quantitative estimate of drug-likeness (QED) is 0.635. The topological polar surface area (TPSA) is 99.2 Å². The molecule has 0 unspecified atom stereocenters. The van der Waals surface area contributed by atoms with Gasteiger partial charge in [-0.05, 0) is 46.6 Å². The van der Waals surface area contributed by atoms with E-state index in [1.165, 1.54) is 5.56 Å². The van der Waals surface area contributed by atoms with Crippen molar-refractivity contribution in [3.8, 4) is 0 Å². The highest BCUT2D eigenvalue weighted by molar-refractivity contribution is 5.81. The summed E-state index contributed by atoms with van der Waals surface area (Å²) < 4.78 is 5.64. The third-order valence-corrected chi connectivity index (χ3v) is 5.23. The lowest BCUT2D eigenvalue weighted by Crippen LogP contribution is -2.59. The van der Waals surface area contributed by atoms with Gasteiger partial charge in [0.1, 0.15) is 5.60 Å². The van der Waals surface area contributed by atoms with Crippen molar-refractivity contribution >= 4 is 18.0 Å². The van der Waals surface area contributed by atoms with Crippen molar-refractivity contribution in [3.05, 3.63) is 35.9 Å². The number of hydrogen-bond donors (Lipinski definition) is 2. The number of nitrogens with zero attached hydrogens (tertiary/aromatic N) is 2. The summed E-state index contributed by atoms with van der Waals surface area (Å²) in [5.74, 6) is -1.31. The Morgan fingerprint density at radius 3 is 2.31 bits per heavy atom. The maximum Gasteiger partial charge on any atom is 0.410 e. The van der Waals surface area contributed by atoms with Crippen LogP contribution in [0.3, 0.4) is 0 Å². The van der Waals surface area contributed by atoms with Crippen LogP contribution in [0.1, 0.15) is 59.4 Å². The van der Waals surface area contributed by atoms with E-state index in [1.807, 2.05) is 52.8 Å². The summed E-state index contributed by atoms with van der Waals surface area (Å²) in [6.45, 7) is 12.0. The lowest BCUT2D eigenvalue weighted by Gasteiger charge is -2.44. The molecule has 2 amide bonds. The van der Waals surface area contributed by atoms with Crippen LogP contribution in [0.4, 0.5) is 4.79 Å². The van der Waals surface area contributed by atoms with Crippen LogP contribution in [-0.2, 0) is 20.9 Å². The molecule has 8 nitrogen and oxygen atoms in total. The Kier molecular flexibility index (Phi) is 8.66. The van der Waals surface area contributed by atoms with E-state index in [0.717, 1.165) is 13.1 Å². The Labute approximate surface area is 190 Å². The van der Waals surface area contributed by atoms with Crippen LogP contribution in [0.2, 0.25) is 0 Å². The number of rotatable bonds is 8. The van der Waals surface area contributed by atoms with Gasteiger partial charge >= 0.3 is 12.1 Å². The molecule has 8 heteroatoms. The first kappa shape index (κ1) is 25.6. The van der Waals surface area contributed by atoms with Crippen molar-refractivity contribution in [2.45, 2.75) is 77.6 Å². The summed E-state index contributed by atoms with van der Waals surface area (Å²) in [7, 11) is 0. The van der Waals surface area contributed by atoms with Gasteiger partial charge in [-0.25, -0.2) is 4.79 Å². The van der Waals surface area contributed by atoms with Gasteiger partial charge in [-0.3, -0.25) is 14.5 Å². The minimum atomic E-state index is -1.00. The number of hydrogen-bond acceptors (Lipinski definition) is 5. The van der Waals surface area contributed by atoms with Crippen LogP contribution in [0.25, 0.3) is 0 Å². The molecule has 2 N–H and O–H groups in total. The minimum absolute atomic E-state index is 0.0701. The van der Waals surface area contributed by atoms with E-state index in [4.69, 9.17) is 9.84 Å². The van der Waals surface area contributed by atoms with E-state index < -0.39 is 17.1 Å². The molecule has 1 fully saturated rings. The van der Waals surface area contributed by atoms with Crippen molar-refractivity contribution in [1.29, 1.82) is 0 Å². The molecule has 0 aliphatic carbocycles. The number of carbonyl (C=O) groups excluding carboxylic acids is 2. The molecule has 0 saturated carbocycles. The zero-order valence-electron chi connectivity index (χ0n) is 19.9. The summed E-state index contributed by atoms with van der Waals surface area (Å²) in [6, 6.07) is 10.0. The van der Waals surface area contributed by atoms with E-state index in [0.29, 0.717) is 19.5 Å². The van der Waals surface area contributed by atoms with Gasteiger partial charge in [-0.2, -0.15) is 0 Å². The van der Waals surface area contributed by atoms with Crippen LogP contribution in [0.15, 0.2) is 30.3 Å². The fourth-order valence-electron chi connectivity index (χ4n) is 3.94. The Bertz CT molecular complexity index is 789. The van der Waals surface area contributed by atoms with Crippen molar-refractivity contribution in [2.75, 3.05) is 19.6 Å². The Hall–Kier alpha value is -2.61. The highest BCUT2D eigenvalue weighted by Gasteiger charge is 2.37. The number of carbonyl (C=O) groups is 3. The number of aliphatic carboxylic acids is 1. The second-order valence-corrected chi connectivity index (χ2v) is 10.1. The molecule has 1 heterocycles. The van der Waals surface area contributed by atoms with Gasteiger partial charge < -0.3 is 20.1 Å². The Morgan fingerprint density at radius 1 is 1.06 bits per heavy atom. The van der Waals surface area contributed by atoms with E-state index >= 15 is 0 Å². The average Bonchev–Trinajstić information content (AvgIpc) is 2.65. The van der Waals surface area contributed by atoms with Crippen LogP contribution in [0, 0.1) is 0 Å². The largest absolute Gasteiger partial charge is 0.481 e. The molecule has 0 aromatic heterocycles. The second-order valence-electron chi connectivity index (χ2n) is 10.1. The molecular weight excluding hydrogens is 410 g/mol. The molecule has 1 atom stereocenters. The van der Waals surface area contributed by atoms with E-state index in [1.54, 1.807) is 4.90 Å². The van der Waals surface area contributed by atoms with Gasteiger partial charge in [0.2, 0.25) is 5.91 Å². The summed E-state index contributed by atoms with van der Waals surface area (Å²) in [5.41, 5.74) is -0.00202. The van der Waals surface area contributed by atoms with Crippen LogP contribution in [-0.4, -0.2) is 69.7 Å². The normalized spacial score (nSPS) is 17.7. The SMILES string of the molecule is CC(C)(C[C@H]1CN(Cc2ccccc2)CCN1C(=O)OC(C)(C)C)NC(=O)CCC(=O)O. The number of ether oxygens (including phenoxy) is 1. The van der Waals surface area contributed by atoms with Crippen LogP contribution >= 0.6 is 0 Å². The average molecular weight is 448 g/mol. The molecule has 2 rings (SSSR count). The molecule has 1 saturated heterocycles. The zero-order chi connectivity index (χ0) is 23.9. The number of benzene rings is 1. The van der Waals surface area contributed by atoms with Gasteiger partial charge in [0.15, 0.2) is 0 Å². The van der Waals surface area contributed by atoms with E-state index in [-0.39, 0.29) is 30.9 Å². The molecule has 1 aromatic rings. The van der Waals surface area contributed by atoms with E-state index in [9.17, 15) is 14.4 Å². The Balaban J connectivity index is 2.11. The molecule has 1 aliphatic rings. The number of carboxylic acid groups (broad SMARTS) is 1. The highest BCUT2D eigenvalue weighted by atomic mass is 16.6. The summed E-state index contributed by atoms with van der Waals surface area (Å²) in [6.07, 6.45) is -0.106. The molecule has 1 aliphatic heterocycles. The molecule has 178 valence electrons. The lowest BCUT2D eigenvalue weighted by molar-refractivity contribution is -0.139. The first-order valence-electron chi connectivity index (χ1n) is 11.1. The van der Waals surface area contributed by atoms with E-state index in [2.05, 4.69) is 22.3 Å². The number of nitrogens with one attached hydrogen (secondary N) is 1. The van der Waals surface area contributed by atoms with Gasteiger partial charge in [0.05, 0.1) is 12.5 Å². The van der Waals surface area contributed by atoms with Crippen molar-refractivity contribution in [2.24, 2.45) is 0 Å². The summed E-state index contributed by atoms with van der Waals surface area (Å²) >= 11 is 0. The molecule has 1 aromatic carbocycles. The number of piperazine rings is 1. The maximum absolute atomic E-state index is 12.9.